The van der Waals surface area contributed by atoms with Crippen molar-refractivity contribution >= 4 is 29.4 Å². The molecule has 3 nitrogen and oxygen atoms in total. The Kier molecular flexibility index (Phi) is 5.71. The van der Waals surface area contributed by atoms with Gasteiger partial charge in [-0.3, -0.25) is 4.79 Å². The smallest absolute Gasteiger partial charge is 0.253 e. The summed E-state index contributed by atoms with van der Waals surface area (Å²) in [5.41, 5.74) is 2.18. The van der Waals surface area contributed by atoms with Crippen molar-refractivity contribution < 1.29 is 4.79 Å². The number of amides is 1. The largest absolute Gasteiger partial charge is 0.338 e. The number of hydrogen-bond acceptors (Lipinski definition) is 4. The van der Waals surface area contributed by atoms with Crippen LogP contribution in [-0.4, -0.2) is 49.0 Å². The predicted octanol–water partition coefficient (Wildman–Crippen LogP) is 3.24. The van der Waals surface area contributed by atoms with Crippen LogP contribution in [0.3, 0.4) is 0 Å². The number of carbonyl (C=O) groups excluding carboxylic acids is 1. The Morgan fingerprint density at radius 3 is 2.68 bits per heavy atom. The fraction of sp³-hybridized carbons (Fsp3) is 0.588. The molecule has 1 aromatic carbocycles. The van der Waals surface area contributed by atoms with Crippen molar-refractivity contribution in [2.75, 3.05) is 38.2 Å². The molecule has 0 aromatic heterocycles. The molecular formula is C17H24N2OS2. The molecule has 22 heavy (non-hydrogen) atoms. The van der Waals surface area contributed by atoms with E-state index >= 15 is 0 Å². The van der Waals surface area contributed by atoms with Gasteiger partial charge < -0.3 is 10.2 Å². The van der Waals surface area contributed by atoms with Gasteiger partial charge in [-0.25, -0.2) is 0 Å². The average molecular weight is 337 g/mol. The molecule has 0 radical (unpaired) electrons. The van der Waals surface area contributed by atoms with Crippen LogP contribution in [0.1, 0.15) is 33.3 Å². The van der Waals surface area contributed by atoms with Crippen molar-refractivity contribution in [3.8, 4) is 0 Å². The maximum atomic E-state index is 12.6. The summed E-state index contributed by atoms with van der Waals surface area (Å²) in [5, 5.41) is 3.21. The van der Waals surface area contributed by atoms with Crippen LogP contribution in [0.2, 0.25) is 0 Å². The Labute approximate surface area is 141 Å². The van der Waals surface area contributed by atoms with E-state index in [1.165, 1.54) is 23.5 Å². The van der Waals surface area contributed by atoms with Crippen LogP contribution < -0.4 is 5.32 Å². The van der Waals surface area contributed by atoms with Crippen LogP contribution in [0, 0.1) is 5.92 Å². The van der Waals surface area contributed by atoms with Gasteiger partial charge in [0.1, 0.15) is 0 Å². The summed E-state index contributed by atoms with van der Waals surface area (Å²) in [6.45, 7) is 2.77. The van der Waals surface area contributed by atoms with Gasteiger partial charge in [0.05, 0.1) is 4.58 Å². The molecule has 0 bridgehead atoms. The highest BCUT2D eigenvalue weighted by molar-refractivity contribution is 8.16. The molecule has 3 rings (SSSR count). The number of likely N-dealkylation sites (tertiary alicyclic amines) is 1. The zero-order valence-corrected chi connectivity index (χ0v) is 14.7. The summed E-state index contributed by atoms with van der Waals surface area (Å²) in [7, 11) is 1.98. The highest BCUT2D eigenvalue weighted by Gasteiger charge is 2.26. The van der Waals surface area contributed by atoms with Crippen LogP contribution in [0.25, 0.3) is 0 Å². The summed E-state index contributed by atoms with van der Waals surface area (Å²) in [6.07, 6.45) is 2.42. The van der Waals surface area contributed by atoms with Crippen LogP contribution in [-0.2, 0) is 0 Å². The second-order valence-corrected chi connectivity index (χ2v) is 8.74. The summed E-state index contributed by atoms with van der Waals surface area (Å²) >= 11 is 4.04. The molecule has 1 unspecified atom stereocenters. The minimum absolute atomic E-state index is 0.189. The Morgan fingerprint density at radius 1 is 1.27 bits per heavy atom. The minimum Gasteiger partial charge on any atom is -0.338 e. The number of nitrogens with zero attached hydrogens (tertiary/aromatic N) is 1. The lowest BCUT2D eigenvalue weighted by atomic mass is 10.1. The van der Waals surface area contributed by atoms with Gasteiger partial charge in [0, 0.05) is 18.7 Å². The first-order valence-corrected chi connectivity index (χ1v) is 10.1. The van der Waals surface area contributed by atoms with E-state index in [2.05, 4.69) is 17.4 Å². The molecule has 2 saturated heterocycles. The fourth-order valence-corrected chi connectivity index (χ4v) is 6.01. The molecule has 2 heterocycles. The summed E-state index contributed by atoms with van der Waals surface area (Å²) in [5.74, 6) is 3.29. The van der Waals surface area contributed by atoms with Crippen molar-refractivity contribution in [3.63, 3.8) is 0 Å². The van der Waals surface area contributed by atoms with Gasteiger partial charge in [-0.05, 0) is 61.6 Å². The number of thioether (sulfide) groups is 2. The third-order valence-corrected chi connectivity index (χ3v) is 7.34. The van der Waals surface area contributed by atoms with Gasteiger partial charge in [-0.15, -0.1) is 23.5 Å². The van der Waals surface area contributed by atoms with E-state index in [4.69, 9.17) is 0 Å². The van der Waals surface area contributed by atoms with E-state index in [1.807, 2.05) is 47.6 Å². The lowest BCUT2D eigenvalue weighted by Gasteiger charge is -2.22. The molecule has 120 valence electrons. The maximum Gasteiger partial charge on any atom is 0.253 e. The lowest BCUT2D eigenvalue weighted by Crippen LogP contribution is -2.30. The Morgan fingerprint density at radius 2 is 2.00 bits per heavy atom. The Hall–Kier alpha value is -0.650. The molecule has 2 aliphatic heterocycles. The van der Waals surface area contributed by atoms with Crippen LogP contribution >= 0.6 is 23.5 Å². The number of hydrogen-bond donors (Lipinski definition) is 1. The predicted molar refractivity (Wildman–Crippen MR) is 96.7 cm³/mol. The quantitative estimate of drug-likeness (QED) is 0.915. The van der Waals surface area contributed by atoms with Crippen LogP contribution in [0.4, 0.5) is 0 Å². The monoisotopic (exact) mass is 336 g/mol. The van der Waals surface area contributed by atoms with Gasteiger partial charge >= 0.3 is 0 Å². The molecule has 0 aliphatic carbocycles. The maximum absolute atomic E-state index is 12.6. The third-order valence-electron chi connectivity index (χ3n) is 4.32. The van der Waals surface area contributed by atoms with Crippen molar-refractivity contribution in [2.45, 2.75) is 17.4 Å². The molecule has 1 atom stereocenters. The van der Waals surface area contributed by atoms with Crippen molar-refractivity contribution in [3.05, 3.63) is 35.4 Å². The normalized spacial score (nSPS) is 23.0. The van der Waals surface area contributed by atoms with Gasteiger partial charge in [-0.2, -0.15) is 0 Å². The second-order valence-electron chi connectivity index (χ2n) is 6.01. The second kappa shape index (κ2) is 7.75. The Balaban J connectivity index is 1.61. The topological polar surface area (TPSA) is 32.3 Å². The first-order valence-electron chi connectivity index (χ1n) is 8.05. The van der Waals surface area contributed by atoms with Crippen molar-refractivity contribution in [1.82, 2.24) is 10.2 Å². The molecule has 5 heteroatoms. The van der Waals surface area contributed by atoms with E-state index < -0.39 is 0 Å². The van der Waals surface area contributed by atoms with Gasteiger partial charge in [0.25, 0.3) is 5.91 Å². The number of nitrogens with one attached hydrogen (secondary N) is 1. The van der Waals surface area contributed by atoms with E-state index in [0.717, 1.165) is 31.6 Å². The van der Waals surface area contributed by atoms with E-state index in [9.17, 15) is 4.79 Å². The molecule has 0 saturated carbocycles. The number of benzene rings is 1. The highest BCUT2D eigenvalue weighted by atomic mass is 32.2. The van der Waals surface area contributed by atoms with Gasteiger partial charge in [-0.1, -0.05) is 12.1 Å². The first-order chi connectivity index (χ1) is 10.8. The number of carbonyl (C=O) groups is 1. The standard InChI is InChI=1S/C17H24N2OS2/c1-18-11-13-7-8-19(12-13)16(20)14-3-5-15(6-4-14)17-21-9-2-10-22-17/h3-6,13,17-18H,2,7-12H2,1H3. The number of rotatable bonds is 4. The minimum atomic E-state index is 0.189. The zero-order chi connectivity index (χ0) is 15.4. The van der Waals surface area contributed by atoms with Gasteiger partial charge in [0.2, 0.25) is 0 Å². The average Bonchev–Trinajstić information content (AvgIpc) is 3.04. The van der Waals surface area contributed by atoms with E-state index in [1.54, 1.807) is 0 Å². The molecule has 1 N–H and O–H groups in total. The molecule has 1 amide bonds. The van der Waals surface area contributed by atoms with E-state index in [0.29, 0.717) is 10.5 Å². The molecule has 2 fully saturated rings. The van der Waals surface area contributed by atoms with Crippen molar-refractivity contribution in [1.29, 1.82) is 0 Å². The molecule has 2 aliphatic rings. The molecule has 0 spiro atoms. The van der Waals surface area contributed by atoms with E-state index in [-0.39, 0.29) is 5.91 Å². The SMILES string of the molecule is CNCC1CCN(C(=O)c2ccc(C3SCCCS3)cc2)C1. The Bertz CT molecular complexity index is 500. The lowest BCUT2D eigenvalue weighted by molar-refractivity contribution is 0.0787. The first kappa shape index (κ1) is 16.2. The van der Waals surface area contributed by atoms with Crippen LogP contribution in [0.5, 0.6) is 0 Å². The van der Waals surface area contributed by atoms with Gasteiger partial charge in [0.15, 0.2) is 0 Å². The molecule has 1 aromatic rings. The third kappa shape index (κ3) is 3.81. The highest BCUT2D eigenvalue weighted by Crippen LogP contribution is 2.43. The summed E-state index contributed by atoms with van der Waals surface area (Å²) in [6, 6.07) is 8.31. The summed E-state index contributed by atoms with van der Waals surface area (Å²) in [4.78, 5) is 14.6. The summed E-state index contributed by atoms with van der Waals surface area (Å²) < 4.78 is 0.546. The zero-order valence-electron chi connectivity index (χ0n) is 13.1. The van der Waals surface area contributed by atoms with Crippen molar-refractivity contribution in [2.24, 2.45) is 5.92 Å². The molecular weight excluding hydrogens is 312 g/mol. The fourth-order valence-electron chi connectivity index (χ4n) is 3.12. The van der Waals surface area contributed by atoms with Crippen LogP contribution in [0.15, 0.2) is 24.3 Å².